The zero-order valence-corrected chi connectivity index (χ0v) is 12.9. The first-order valence-corrected chi connectivity index (χ1v) is 7.34. The number of nitrogens with zero attached hydrogens (tertiary/aromatic N) is 2. The second-order valence-electron chi connectivity index (χ2n) is 5.37. The molecule has 1 heterocycles. The summed E-state index contributed by atoms with van der Waals surface area (Å²) in [6, 6.07) is 11.7. The molecule has 0 aliphatic rings. The van der Waals surface area contributed by atoms with E-state index in [9.17, 15) is 4.79 Å². The van der Waals surface area contributed by atoms with Crippen molar-refractivity contribution in [2.75, 3.05) is 7.05 Å². The molecular formula is C18H22N2O. The van der Waals surface area contributed by atoms with Gasteiger partial charge in [-0.2, -0.15) is 0 Å². The van der Waals surface area contributed by atoms with E-state index in [0.717, 1.165) is 17.5 Å². The summed E-state index contributed by atoms with van der Waals surface area (Å²) in [4.78, 5) is 18.7. The molecule has 3 nitrogen and oxygen atoms in total. The topological polar surface area (TPSA) is 33.2 Å². The number of Topliss-reactive ketones (excluding diaryl/α,β-unsaturated/α-hetero) is 1. The molecule has 1 aromatic heterocycles. The van der Waals surface area contributed by atoms with Gasteiger partial charge in [-0.25, -0.2) is 0 Å². The molecule has 0 N–H and O–H groups in total. The molecule has 110 valence electrons. The Morgan fingerprint density at radius 1 is 1.19 bits per heavy atom. The van der Waals surface area contributed by atoms with Gasteiger partial charge in [-0.3, -0.25) is 14.7 Å². The van der Waals surface area contributed by atoms with Gasteiger partial charge in [-0.05, 0) is 37.6 Å². The Balaban J connectivity index is 2.03. The fraction of sp³-hybridized carbons (Fsp3) is 0.333. The van der Waals surface area contributed by atoms with Crippen molar-refractivity contribution in [2.24, 2.45) is 0 Å². The Kier molecular flexibility index (Phi) is 5.23. The summed E-state index contributed by atoms with van der Waals surface area (Å²) >= 11 is 0. The first kappa shape index (κ1) is 15.4. The fourth-order valence-electron chi connectivity index (χ4n) is 2.26. The number of carbonyl (C=O) groups excluding carboxylic acids is 1. The van der Waals surface area contributed by atoms with Crippen molar-refractivity contribution in [3.05, 3.63) is 65.5 Å². The number of rotatable bonds is 6. The molecule has 3 heteroatoms. The highest BCUT2D eigenvalue weighted by Crippen LogP contribution is 2.12. The molecule has 1 aromatic carbocycles. The number of aryl methyl sites for hydroxylation is 1. The summed E-state index contributed by atoms with van der Waals surface area (Å²) in [5, 5.41) is 0. The van der Waals surface area contributed by atoms with Crippen LogP contribution in [0.5, 0.6) is 0 Å². The van der Waals surface area contributed by atoms with Gasteiger partial charge in [0.05, 0.1) is 6.04 Å². The minimum Gasteiger partial charge on any atom is -0.292 e. The Labute approximate surface area is 126 Å². The molecule has 21 heavy (non-hydrogen) atoms. The maximum absolute atomic E-state index is 12.5. The molecule has 0 aliphatic heterocycles. The predicted octanol–water partition coefficient (Wildman–Crippen LogP) is 3.35. The lowest BCUT2D eigenvalue weighted by Crippen LogP contribution is -2.35. The van der Waals surface area contributed by atoms with Gasteiger partial charge in [0.2, 0.25) is 0 Å². The van der Waals surface area contributed by atoms with Crippen LogP contribution >= 0.6 is 0 Å². The zero-order valence-electron chi connectivity index (χ0n) is 12.9. The first-order chi connectivity index (χ1) is 10.1. The van der Waals surface area contributed by atoms with Crippen LogP contribution in [0.1, 0.15) is 35.3 Å². The predicted molar refractivity (Wildman–Crippen MR) is 85.3 cm³/mol. The summed E-state index contributed by atoms with van der Waals surface area (Å²) in [5.74, 6) is 0.157. The van der Waals surface area contributed by atoms with Crippen LogP contribution in [-0.4, -0.2) is 28.8 Å². The number of hydrogen-bond acceptors (Lipinski definition) is 3. The monoisotopic (exact) mass is 282 g/mol. The van der Waals surface area contributed by atoms with Crippen LogP contribution < -0.4 is 0 Å². The molecule has 0 fully saturated rings. The number of hydrogen-bond donors (Lipinski definition) is 0. The quantitative estimate of drug-likeness (QED) is 0.762. The number of likely N-dealkylation sites (N-methyl/N-ethyl adjacent to an activating group) is 1. The highest BCUT2D eigenvalue weighted by atomic mass is 16.1. The second kappa shape index (κ2) is 7.14. The van der Waals surface area contributed by atoms with E-state index in [1.54, 1.807) is 6.20 Å². The Morgan fingerprint density at radius 3 is 2.48 bits per heavy atom. The standard InChI is InChI=1S/C18H22N2O/c1-4-15-7-9-17(10-8-15)18(21)14(2)20(3)13-16-6-5-11-19-12-16/h5-12,14H,4,13H2,1-3H3. The van der Waals surface area contributed by atoms with Crippen molar-refractivity contribution in [1.29, 1.82) is 0 Å². The van der Waals surface area contributed by atoms with Crippen molar-refractivity contribution in [1.82, 2.24) is 9.88 Å². The molecule has 2 rings (SSSR count). The largest absolute Gasteiger partial charge is 0.292 e. The van der Waals surface area contributed by atoms with Crippen LogP contribution in [-0.2, 0) is 13.0 Å². The number of ketones is 1. The van der Waals surface area contributed by atoms with E-state index in [1.807, 2.05) is 61.5 Å². The van der Waals surface area contributed by atoms with Crippen molar-refractivity contribution in [3.63, 3.8) is 0 Å². The molecule has 0 bridgehead atoms. The van der Waals surface area contributed by atoms with Crippen molar-refractivity contribution in [2.45, 2.75) is 32.9 Å². The lowest BCUT2D eigenvalue weighted by molar-refractivity contribution is 0.0862. The van der Waals surface area contributed by atoms with Gasteiger partial charge in [0.1, 0.15) is 0 Å². The van der Waals surface area contributed by atoms with E-state index in [0.29, 0.717) is 6.54 Å². The van der Waals surface area contributed by atoms with E-state index in [-0.39, 0.29) is 11.8 Å². The van der Waals surface area contributed by atoms with Gasteiger partial charge < -0.3 is 0 Å². The Bertz CT molecular complexity index is 578. The highest BCUT2D eigenvalue weighted by molar-refractivity contribution is 5.99. The summed E-state index contributed by atoms with van der Waals surface area (Å²) in [7, 11) is 1.97. The highest BCUT2D eigenvalue weighted by Gasteiger charge is 2.19. The molecule has 1 atom stereocenters. The van der Waals surface area contributed by atoms with Gasteiger partial charge >= 0.3 is 0 Å². The number of aromatic nitrogens is 1. The minimum absolute atomic E-state index is 0.155. The molecule has 0 saturated heterocycles. The molecule has 2 aromatic rings. The molecule has 0 aliphatic carbocycles. The van der Waals surface area contributed by atoms with Gasteiger partial charge in [0.25, 0.3) is 0 Å². The van der Waals surface area contributed by atoms with E-state index >= 15 is 0 Å². The summed E-state index contributed by atoms with van der Waals surface area (Å²) < 4.78 is 0. The fourth-order valence-corrected chi connectivity index (χ4v) is 2.26. The van der Waals surface area contributed by atoms with Gasteiger partial charge in [-0.1, -0.05) is 37.3 Å². The first-order valence-electron chi connectivity index (χ1n) is 7.34. The molecular weight excluding hydrogens is 260 g/mol. The average Bonchev–Trinajstić information content (AvgIpc) is 2.54. The van der Waals surface area contributed by atoms with Gasteiger partial charge in [0, 0.05) is 24.5 Å². The van der Waals surface area contributed by atoms with Crippen LogP contribution in [0.4, 0.5) is 0 Å². The SMILES string of the molecule is CCc1ccc(C(=O)C(C)N(C)Cc2cccnc2)cc1. The Morgan fingerprint density at radius 2 is 1.90 bits per heavy atom. The van der Waals surface area contributed by atoms with E-state index in [2.05, 4.69) is 11.9 Å². The molecule has 0 amide bonds. The van der Waals surface area contributed by atoms with E-state index in [4.69, 9.17) is 0 Å². The third-order valence-corrected chi connectivity index (χ3v) is 3.84. The summed E-state index contributed by atoms with van der Waals surface area (Å²) in [6.45, 7) is 4.78. The van der Waals surface area contributed by atoms with Crippen LogP contribution in [0.25, 0.3) is 0 Å². The van der Waals surface area contributed by atoms with Crippen LogP contribution in [0.3, 0.4) is 0 Å². The third-order valence-electron chi connectivity index (χ3n) is 3.84. The van der Waals surface area contributed by atoms with Gasteiger partial charge in [-0.15, -0.1) is 0 Å². The lowest BCUT2D eigenvalue weighted by atomic mass is 10.0. The second-order valence-corrected chi connectivity index (χ2v) is 5.37. The molecule has 0 radical (unpaired) electrons. The minimum atomic E-state index is -0.155. The average molecular weight is 282 g/mol. The normalized spacial score (nSPS) is 12.4. The lowest BCUT2D eigenvalue weighted by Gasteiger charge is -2.23. The van der Waals surface area contributed by atoms with Crippen molar-refractivity contribution in [3.8, 4) is 0 Å². The van der Waals surface area contributed by atoms with Crippen molar-refractivity contribution < 1.29 is 4.79 Å². The van der Waals surface area contributed by atoms with Gasteiger partial charge in [0.15, 0.2) is 5.78 Å². The van der Waals surface area contributed by atoms with Crippen LogP contribution in [0.15, 0.2) is 48.8 Å². The molecule has 0 spiro atoms. The number of pyridine rings is 1. The van der Waals surface area contributed by atoms with Crippen LogP contribution in [0.2, 0.25) is 0 Å². The maximum Gasteiger partial charge on any atom is 0.179 e. The maximum atomic E-state index is 12.5. The smallest absolute Gasteiger partial charge is 0.179 e. The van der Waals surface area contributed by atoms with E-state index < -0.39 is 0 Å². The number of carbonyl (C=O) groups is 1. The van der Waals surface area contributed by atoms with E-state index in [1.165, 1.54) is 5.56 Å². The third kappa shape index (κ3) is 3.99. The summed E-state index contributed by atoms with van der Waals surface area (Å²) in [6.07, 6.45) is 4.59. The van der Waals surface area contributed by atoms with Crippen LogP contribution in [0, 0.1) is 0 Å². The molecule has 1 unspecified atom stereocenters. The van der Waals surface area contributed by atoms with Crippen molar-refractivity contribution >= 4 is 5.78 Å². The Hall–Kier alpha value is -2.00. The number of benzene rings is 1. The summed E-state index contributed by atoms with van der Waals surface area (Å²) in [5.41, 5.74) is 3.14. The zero-order chi connectivity index (χ0) is 15.2. The molecule has 0 saturated carbocycles.